The summed E-state index contributed by atoms with van der Waals surface area (Å²) in [6, 6.07) is 14.9. The van der Waals surface area contributed by atoms with Crippen LogP contribution in [-0.2, 0) is 0 Å². The van der Waals surface area contributed by atoms with Crippen molar-refractivity contribution in [2.75, 3.05) is 0 Å². The maximum atomic E-state index is 4.60. The summed E-state index contributed by atoms with van der Waals surface area (Å²) in [5.41, 5.74) is 8.46. The Kier molecular flexibility index (Phi) is 3.12. The molecule has 2 aromatic heterocycles. The molecule has 0 unspecified atom stereocenters. The Hall–Kier alpha value is -2.74. The number of hydrogen-bond acceptors (Lipinski definition) is 2. The van der Waals surface area contributed by atoms with E-state index >= 15 is 0 Å². The number of aromatic nitrogens is 2. The minimum atomic E-state index is 0.966. The molecule has 0 bridgehead atoms. The minimum absolute atomic E-state index is 0.966. The first-order valence-corrected chi connectivity index (χ1v) is 7.86. The molecular formula is C21H18N2. The van der Waals surface area contributed by atoms with Gasteiger partial charge in [-0.25, -0.2) is 0 Å². The maximum absolute atomic E-state index is 4.60. The van der Waals surface area contributed by atoms with Crippen molar-refractivity contribution in [1.29, 1.82) is 0 Å². The molecule has 2 heteroatoms. The van der Waals surface area contributed by atoms with Crippen LogP contribution in [0.1, 0.15) is 16.7 Å². The van der Waals surface area contributed by atoms with E-state index in [0.717, 1.165) is 21.8 Å². The largest absolute Gasteiger partial charge is 0.254 e. The highest BCUT2D eigenvalue weighted by Crippen LogP contribution is 2.35. The third-order valence-electron chi connectivity index (χ3n) is 4.81. The summed E-state index contributed by atoms with van der Waals surface area (Å²) in [7, 11) is 0. The van der Waals surface area contributed by atoms with Crippen LogP contribution in [0.4, 0.5) is 0 Å². The van der Waals surface area contributed by atoms with E-state index in [0.29, 0.717) is 0 Å². The van der Waals surface area contributed by atoms with Gasteiger partial charge in [-0.1, -0.05) is 24.3 Å². The highest BCUT2D eigenvalue weighted by atomic mass is 14.7. The van der Waals surface area contributed by atoms with Gasteiger partial charge in [0, 0.05) is 23.2 Å². The number of benzene rings is 2. The van der Waals surface area contributed by atoms with Crippen LogP contribution in [0.15, 0.2) is 54.9 Å². The summed E-state index contributed by atoms with van der Waals surface area (Å²) >= 11 is 0. The molecular weight excluding hydrogens is 280 g/mol. The Morgan fingerprint density at radius 1 is 0.696 bits per heavy atom. The van der Waals surface area contributed by atoms with E-state index in [2.05, 4.69) is 61.1 Å². The number of nitrogens with zero attached hydrogens (tertiary/aromatic N) is 2. The first-order chi connectivity index (χ1) is 11.2. The molecule has 2 aromatic carbocycles. The van der Waals surface area contributed by atoms with E-state index in [1.807, 2.05) is 24.5 Å². The minimum Gasteiger partial charge on any atom is -0.254 e. The van der Waals surface area contributed by atoms with Crippen LogP contribution in [0.25, 0.3) is 32.9 Å². The quantitative estimate of drug-likeness (QED) is 0.441. The van der Waals surface area contributed by atoms with E-state index < -0.39 is 0 Å². The van der Waals surface area contributed by atoms with E-state index in [1.54, 1.807) is 0 Å². The Morgan fingerprint density at radius 3 is 2.26 bits per heavy atom. The lowest BCUT2D eigenvalue weighted by atomic mass is 9.91. The highest BCUT2D eigenvalue weighted by Gasteiger charge is 2.13. The summed E-state index contributed by atoms with van der Waals surface area (Å²) in [5, 5.41) is 2.29. The van der Waals surface area contributed by atoms with Crippen molar-refractivity contribution in [2.24, 2.45) is 0 Å². The maximum Gasteiger partial charge on any atom is 0.0970 e. The second-order valence-corrected chi connectivity index (χ2v) is 6.08. The molecule has 0 aliphatic heterocycles. The van der Waals surface area contributed by atoms with Gasteiger partial charge in [0.25, 0.3) is 0 Å². The van der Waals surface area contributed by atoms with Crippen LogP contribution in [0.3, 0.4) is 0 Å². The van der Waals surface area contributed by atoms with Gasteiger partial charge in [0.05, 0.1) is 11.0 Å². The van der Waals surface area contributed by atoms with Crippen LogP contribution in [0.2, 0.25) is 0 Å². The zero-order chi connectivity index (χ0) is 16.0. The molecule has 0 aliphatic carbocycles. The van der Waals surface area contributed by atoms with Gasteiger partial charge in [-0.15, -0.1) is 0 Å². The number of rotatable bonds is 1. The molecule has 0 atom stereocenters. The van der Waals surface area contributed by atoms with E-state index in [4.69, 9.17) is 0 Å². The molecule has 112 valence electrons. The monoisotopic (exact) mass is 298 g/mol. The van der Waals surface area contributed by atoms with Crippen molar-refractivity contribution in [2.45, 2.75) is 20.8 Å². The SMILES string of the molecule is Cc1ccc(-c2cc3cccnc3c3ncccc23)c(C)c1C. The summed E-state index contributed by atoms with van der Waals surface area (Å²) in [6.07, 6.45) is 3.67. The second kappa shape index (κ2) is 5.17. The third kappa shape index (κ3) is 2.10. The molecule has 0 aliphatic rings. The Labute approximate surface area is 135 Å². The van der Waals surface area contributed by atoms with E-state index in [1.165, 1.54) is 27.8 Å². The molecule has 2 heterocycles. The van der Waals surface area contributed by atoms with Gasteiger partial charge < -0.3 is 0 Å². The average Bonchev–Trinajstić information content (AvgIpc) is 2.59. The topological polar surface area (TPSA) is 25.8 Å². The molecule has 2 nitrogen and oxygen atoms in total. The van der Waals surface area contributed by atoms with Crippen molar-refractivity contribution in [3.05, 3.63) is 71.5 Å². The predicted octanol–water partition coefficient (Wildman–Crippen LogP) is 5.38. The fourth-order valence-electron chi connectivity index (χ4n) is 3.25. The number of pyridine rings is 2. The summed E-state index contributed by atoms with van der Waals surface area (Å²) in [6.45, 7) is 6.56. The first kappa shape index (κ1) is 13.9. The summed E-state index contributed by atoms with van der Waals surface area (Å²) < 4.78 is 0. The molecule has 0 saturated carbocycles. The Balaban J connectivity index is 2.16. The standard InChI is InChI=1S/C21H18N2/c1-13-8-9-17(15(3)14(13)2)19-12-16-6-4-10-22-20(16)21-18(19)7-5-11-23-21/h4-12H,1-3H3. The van der Waals surface area contributed by atoms with Gasteiger partial charge in [0.15, 0.2) is 0 Å². The zero-order valence-corrected chi connectivity index (χ0v) is 13.6. The van der Waals surface area contributed by atoms with Gasteiger partial charge >= 0.3 is 0 Å². The van der Waals surface area contributed by atoms with Gasteiger partial charge in [0.2, 0.25) is 0 Å². The lowest BCUT2D eigenvalue weighted by Gasteiger charge is -2.14. The number of aryl methyl sites for hydroxylation is 1. The van der Waals surface area contributed by atoms with Crippen LogP contribution in [0.5, 0.6) is 0 Å². The molecule has 0 N–H and O–H groups in total. The van der Waals surface area contributed by atoms with Crippen LogP contribution < -0.4 is 0 Å². The van der Waals surface area contributed by atoms with Gasteiger partial charge in [-0.05, 0) is 66.8 Å². The van der Waals surface area contributed by atoms with Crippen molar-refractivity contribution in [3.63, 3.8) is 0 Å². The van der Waals surface area contributed by atoms with Crippen molar-refractivity contribution < 1.29 is 0 Å². The van der Waals surface area contributed by atoms with Gasteiger partial charge in [-0.3, -0.25) is 9.97 Å². The molecule has 0 spiro atoms. The first-order valence-electron chi connectivity index (χ1n) is 7.86. The summed E-state index contributed by atoms with van der Waals surface area (Å²) in [4.78, 5) is 9.14. The van der Waals surface area contributed by atoms with E-state index in [-0.39, 0.29) is 0 Å². The van der Waals surface area contributed by atoms with Crippen molar-refractivity contribution >= 4 is 21.8 Å². The smallest absolute Gasteiger partial charge is 0.0970 e. The van der Waals surface area contributed by atoms with E-state index in [9.17, 15) is 0 Å². The van der Waals surface area contributed by atoms with Gasteiger partial charge in [-0.2, -0.15) is 0 Å². The number of hydrogen-bond donors (Lipinski definition) is 0. The molecule has 0 amide bonds. The fourth-order valence-corrected chi connectivity index (χ4v) is 3.25. The highest BCUT2D eigenvalue weighted by molar-refractivity contribution is 6.10. The fraction of sp³-hybridized carbons (Fsp3) is 0.143. The molecule has 4 aromatic rings. The predicted molar refractivity (Wildman–Crippen MR) is 96.7 cm³/mol. The Morgan fingerprint density at radius 2 is 1.43 bits per heavy atom. The lowest BCUT2D eigenvalue weighted by Crippen LogP contribution is -1.93. The van der Waals surface area contributed by atoms with Crippen LogP contribution in [-0.4, -0.2) is 9.97 Å². The molecule has 0 saturated heterocycles. The van der Waals surface area contributed by atoms with Crippen LogP contribution >= 0.6 is 0 Å². The zero-order valence-electron chi connectivity index (χ0n) is 13.6. The third-order valence-corrected chi connectivity index (χ3v) is 4.81. The second-order valence-electron chi connectivity index (χ2n) is 6.08. The van der Waals surface area contributed by atoms with Gasteiger partial charge in [0.1, 0.15) is 0 Å². The van der Waals surface area contributed by atoms with Crippen molar-refractivity contribution in [3.8, 4) is 11.1 Å². The molecule has 0 radical (unpaired) electrons. The molecule has 23 heavy (non-hydrogen) atoms. The van der Waals surface area contributed by atoms with Crippen LogP contribution in [0, 0.1) is 20.8 Å². The summed E-state index contributed by atoms with van der Waals surface area (Å²) in [5.74, 6) is 0. The number of fused-ring (bicyclic) bond motifs is 3. The Bertz CT molecular complexity index is 1050. The lowest BCUT2D eigenvalue weighted by molar-refractivity contribution is 1.27. The molecule has 4 rings (SSSR count). The molecule has 0 fully saturated rings. The normalized spacial score (nSPS) is 11.3. The average molecular weight is 298 g/mol. The van der Waals surface area contributed by atoms with Crippen molar-refractivity contribution in [1.82, 2.24) is 9.97 Å².